The van der Waals surface area contributed by atoms with Gasteiger partial charge in [0.2, 0.25) is 0 Å². The van der Waals surface area contributed by atoms with Gasteiger partial charge in [-0.3, -0.25) is 14.6 Å². The van der Waals surface area contributed by atoms with Gasteiger partial charge in [-0.25, -0.2) is 0 Å². The van der Waals surface area contributed by atoms with Gasteiger partial charge in [0.05, 0.1) is 12.2 Å². The minimum Gasteiger partial charge on any atom is -0.356 e. The van der Waals surface area contributed by atoms with Crippen molar-refractivity contribution in [1.29, 1.82) is 0 Å². The highest BCUT2D eigenvalue weighted by Crippen LogP contribution is 2.27. The molecule has 26 heavy (non-hydrogen) atoms. The van der Waals surface area contributed by atoms with E-state index >= 15 is 0 Å². The summed E-state index contributed by atoms with van der Waals surface area (Å²) in [6.45, 7) is 4.19. The van der Waals surface area contributed by atoms with Crippen molar-refractivity contribution in [3.63, 3.8) is 0 Å². The van der Waals surface area contributed by atoms with Gasteiger partial charge in [0.15, 0.2) is 5.96 Å². The van der Waals surface area contributed by atoms with Crippen molar-refractivity contribution in [1.82, 2.24) is 25.3 Å². The van der Waals surface area contributed by atoms with Crippen LogP contribution in [0.2, 0.25) is 0 Å². The van der Waals surface area contributed by atoms with Gasteiger partial charge in [-0.2, -0.15) is 5.10 Å². The van der Waals surface area contributed by atoms with E-state index in [1.54, 1.807) is 0 Å². The number of hydrogen-bond acceptors (Lipinski definition) is 4. The van der Waals surface area contributed by atoms with Gasteiger partial charge in [-0.15, -0.1) is 11.3 Å². The van der Waals surface area contributed by atoms with E-state index in [0.717, 1.165) is 31.9 Å². The SMILES string of the molecule is CN=C(NCCCc1cnn(C)c1)NCC(c1cccs1)N1CCCC1. The van der Waals surface area contributed by atoms with Crippen molar-refractivity contribution < 1.29 is 0 Å². The summed E-state index contributed by atoms with van der Waals surface area (Å²) in [7, 11) is 3.80. The lowest BCUT2D eigenvalue weighted by atomic mass is 10.2. The number of aryl methyl sites for hydroxylation is 2. The largest absolute Gasteiger partial charge is 0.356 e. The van der Waals surface area contributed by atoms with E-state index in [9.17, 15) is 0 Å². The topological polar surface area (TPSA) is 57.5 Å². The summed E-state index contributed by atoms with van der Waals surface area (Å²) in [4.78, 5) is 8.41. The number of nitrogens with one attached hydrogen (secondary N) is 2. The van der Waals surface area contributed by atoms with Gasteiger partial charge >= 0.3 is 0 Å². The molecule has 0 spiro atoms. The third kappa shape index (κ3) is 5.32. The third-order valence-corrected chi connectivity index (χ3v) is 5.81. The Hall–Kier alpha value is -1.86. The molecule has 1 unspecified atom stereocenters. The molecule has 0 bridgehead atoms. The number of aliphatic imine (C=N–C) groups is 1. The summed E-state index contributed by atoms with van der Waals surface area (Å²) in [5.41, 5.74) is 1.28. The van der Waals surface area contributed by atoms with Crippen LogP contribution in [0, 0.1) is 0 Å². The van der Waals surface area contributed by atoms with Gasteiger partial charge < -0.3 is 10.6 Å². The van der Waals surface area contributed by atoms with E-state index in [1.165, 1.54) is 36.4 Å². The molecule has 0 saturated carbocycles. The molecule has 2 aromatic heterocycles. The predicted molar refractivity (Wildman–Crippen MR) is 109 cm³/mol. The molecule has 1 fully saturated rings. The highest BCUT2D eigenvalue weighted by molar-refractivity contribution is 7.10. The van der Waals surface area contributed by atoms with Gasteiger partial charge in [-0.05, 0) is 55.8 Å². The van der Waals surface area contributed by atoms with Crippen molar-refractivity contribution in [2.75, 3.05) is 33.2 Å². The van der Waals surface area contributed by atoms with E-state index in [2.05, 4.69) is 49.3 Å². The minimum atomic E-state index is 0.437. The first-order valence-corrected chi connectivity index (χ1v) is 10.3. The van der Waals surface area contributed by atoms with Crippen LogP contribution >= 0.6 is 11.3 Å². The van der Waals surface area contributed by atoms with Crippen LogP contribution in [0.1, 0.15) is 35.7 Å². The molecule has 3 rings (SSSR count). The quantitative estimate of drug-likeness (QED) is 0.423. The molecule has 142 valence electrons. The Labute approximate surface area is 160 Å². The smallest absolute Gasteiger partial charge is 0.191 e. The molecular formula is C19H30N6S. The number of likely N-dealkylation sites (tertiary alicyclic amines) is 1. The second kappa shape index (κ2) is 9.73. The van der Waals surface area contributed by atoms with Gasteiger partial charge in [0.25, 0.3) is 0 Å². The zero-order chi connectivity index (χ0) is 18.2. The summed E-state index contributed by atoms with van der Waals surface area (Å²) < 4.78 is 1.85. The molecule has 0 radical (unpaired) electrons. The molecule has 3 heterocycles. The zero-order valence-electron chi connectivity index (χ0n) is 15.8. The molecule has 0 aliphatic carbocycles. The van der Waals surface area contributed by atoms with Crippen LogP contribution in [0.3, 0.4) is 0 Å². The Bertz CT molecular complexity index is 672. The van der Waals surface area contributed by atoms with Crippen LogP contribution in [-0.2, 0) is 13.5 Å². The Balaban J connectivity index is 1.44. The van der Waals surface area contributed by atoms with Gasteiger partial charge in [-0.1, -0.05) is 6.07 Å². The Morgan fingerprint density at radius 3 is 2.85 bits per heavy atom. The standard InChI is InChI=1S/C19H30N6S/c1-20-19(21-9-5-7-16-13-23-24(2)15-16)22-14-17(18-8-6-12-26-18)25-10-3-4-11-25/h6,8,12-13,15,17H,3-5,7,9-11,14H2,1-2H3,(H2,20,21,22). The Kier molecular flexibility index (Phi) is 7.08. The predicted octanol–water partition coefficient (Wildman–Crippen LogP) is 2.42. The molecule has 1 atom stereocenters. The first-order chi connectivity index (χ1) is 12.8. The lowest BCUT2D eigenvalue weighted by Gasteiger charge is -2.27. The summed E-state index contributed by atoms with van der Waals surface area (Å²) in [5.74, 6) is 0.886. The van der Waals surface area contributed by atoms with Crippen LogP contribution in [0.4, 0.5) is 0 Å². The third-order valence-electron chi connectivity index (χ3n) is 4.83. The lowest BCUT2D eigenvalue weighted by Crippen LogP contribution is -2.42. The molecule has 6 nitrogen and oxygen atoms in total. The summed E-state index contributed by atoms with van der Waals surface area (Å²) >= 11 is 1.85. The van der Waals surface area contributed by atoms with E-state index in [0.29, 0.717) is 6.04 Å². The second-order valence-corrected chi connectivity index (χ2v) is 7.76. The Morgan fingerprint density at radius 1 is 1.35 bits per heavy atom. The highest BCUT2D eigenvalue weighted by Gasteiger charge is 2.24. The number of aromatic nitrogens is 2. The Morgan fingerprint density at radius 2 is 2.19 bits per heavy atom. The fourth-order valence-electron chi connectivity index (χ4n) is 3.46. The summed E-state index contributed by atoms with van der Waals surface area (Å²) in [6.07, 6.45) is 8.73. The fraction of sp³-hybridized carbons (Fsp3) is 0.579. The van der Waals surface area contributed by atoms with Crippen LogP contribution in [-0.4, -0.2) is 53.9 Å². The minimum absolute atomic E-state index is 0.437. The molecule has 0 amide bonds. The number of nitrogens with zero attached hydrogens (tertiary/aromatic N) is 4. The van der Waals surface area contributed by atoms with E-state index < -0.39 is 0 Å². The summed E-state index contributed by atoms with van der Waals surface area (Å²) in [5, 5.41) is 13.3. The van der Waals surface area contributed by atoms with Crippen molar-refractivity contribution >= 4 is 17.3 Å². The first-order valence-electron chi connectivity index (χ1n) is 9.46. The van der Waals surface area contributed by atoms with Crippen LogP contribution in [0.15, 0.2) is 34.9 Å². The summed E-state index contributed by atoms with van der Waals surface area (Å²) in [6, 6.07) is 4.83. The molecule has 1 saturated heterocycles. The van der Waals surface area contributed by atoms with Gasteiger partial charge in [0, 0.05) is 38.3 Å². The lowest BCUT2D eigenvalue weighted by molar-refractivity contribution is 0.249. The zero-order valence-corrected chi connectivity index (χ0v) is 16.6. The molecule has 7 heteroatoms. The van der Waals surface area contributed by atoms with E-state index in [1.807, 2.05) is 36.3 Å². The average molecular weight is 375 g/mol. The number of guanidine groups is 1. The molecule has 2 N–H and O–H groups in total. The number of hydrogen-bond donors (Lipinski definition) is 2. The maximum absolute atomic E-state index is 4.38. The van der Waals surface area contributed by atoms with Crippen molar-refractivity contribution in [2.45, 2.75) is 31.7 Å². The van der Waals surface area contributed by atoms with Crippen LogP contribution in [0.5, 0.6) is 0 Å². The van der Waals surface area contributed by atoms with E-state index in [4.69, 9.17) is 0 Å². The number of thiophene rings is 1. The fourth-order valence-corrected chi connectivity index (χ4v) is 4.32. The average Bonchev–Trinajstić information content (AvgIpc) is 3.40. The van der Waals surface area contributed by atoms with Crippen LogP contribution in [0.25, 0.3) is 0 Å². The van der Waals surface area contributed by atoms with Crippen molar-refractivity contribution in [3.8, 4) is 0 Å². The monoisotopic (exact) mass is 374 g/mol. The number of rotatable bonds is 8. The van der Waals surface area contributed by atoms with Crippen molar-refractivity contribution in [2.24, 2.45) is 12.0 Å². The van der Waals surface area contributed by atoms with Gasteiger partial charge in [0.1, 0.15) is 0 Å². The molecule has 2 aromatic rings. The first kappa shape index (κ1) is 18.9. The maximum Gasteiger partial charge on any atom is 0.191 e. The second-order valence-electron chi connectivity index (χ2n) is 6.78. The molecular weight excluding hydrogens is 344 g/mol. The van der Waals surface area contributed by atoms with Crippen molar-refractivity contribution in [3.05, 3.63) is 40.3 Å². The molecule has 0 aromatic carbocycles. The van der Waals surface area contributed by atoms with E-state index in [-0.39, 0.29) is 0 Å². The normalized spacial score (nSPS) is 16.8. The molecule has 1 aliphatic heterocycles. The maximum atomic E-state index is 4.38. The molecule has 1 aliphatic rings. The highest BCUT2D eigenvalue weighted by atomic mass is 32.1. The van der Waals surface area contributed by atoms with Crippen LogP contribution < -0.4 is 10.6 Å².